The summed E-state index contributed by atoms with van der Waals surface area (Å²) in [4.78, 5) is 23.9. The number of likely N-dealkylation sites (tertiary alicyclic amines) is 1. The summed E-state index contributed by atoms with van der Waals surface area (Å²) in [5, 5.41) is 9.00. The maximum atomic E-state index is 12.4. The average molecular weight is 269 g/mol. The van der Waals surface area contributed by atoms with E-state index in [-0.39, 0.29) is 24.4 Å². The number of rotatable bonds is 4. The number of carboxylic acids is 1. The number of carbonyl (C=O) groups is 2. The Labute approximate surface area is 108 Å². The number of carboxylic acid groups (broad SMARTS) is 1. The lowest BCUT2D eigenvalue weighted by molar-refractivity contribution is -0.146. The zero-order valence-electron chi connectivity index (χ0n) is 10.1. The zero-order valence-corrected chi connectivity index (χ0v) is 10.1. The Hall–Kier alpha value is -1.98. The lowest BCUT2D eigenvalue weighted by Crippen LogP contribution is -2.37. The molecule has 0 radical (unpaired) electrons. The van der Waals surface area contributed by atoms with Crippen molar-refractivity contribution >= 4 is 11.9 Å². The molecule has 0 aliphatic carbocycles. The van der Waals surface area contributed by atoms with Gasteiger partial charge in [-0.05, 0) is 12.0 Å². The minimum absolute atomic E-state index is 0.0914. The van der Waals surface area contributed by atoms with Crippen LogP contribution in [0.25, 0.3) is 0 Å². The van der Waals surface area contributed by atoms with Crippen LogP contribution in [-0.4, -0.2) is 27.9 Å². The molecule has 1 saturated heterocycles. The highest BCUT2D eigenvalue weighted by atomic mass is 19.3. The second-order valence-corrected chi connectivity index (χ2v) is 4.46. The Kier molecular flexibility index (Phi) is 3.78. The second-order valence-electron chi connectivity index (χ2n) is 4.46. The van der Waals surface area contributed by atoms with Gasteiger partial charge < -0.3 is 10.0 Å². The predicted octanol–water partition coefficient (Wildman–Crippen LogP) is 2.20. The van der Waals surface area contributed by atoms with Crippen LogP contribution in [0.4, 0.5) is 8.78 Å². The van der Waals surface area contributed by atoms with Gasteiger partial charge in [0.05, 0.1) is 0 Å². The molecule has 0 saturated carbocycles. The molecule has 1 N–H and O–H groups in total. The van der Waals surface area contributed by atoms with Crippen molar-refractivity contribution in [3.8, 4) is 0 Å². The van der Waals surface area contributed by atoms with E-state index in [0.717, 1.165) is 0 Å². The van der Waals surface area contributed by atoms with Crippen molar-refractivity contribution in [2.75, 3.05) is 0 Å². The van der Waals surface area contributed by atoms with Gasteiger partial charge in [-0.25, -0.2) is 13.6 Å². The van der Waals surface area contributed by atoms with Gasteiger partial charge in [0.2, 0.25) is 5.91 Å². The maximum absolute atomic E-state index is 12.4. The SMILES string of the molecule is O=C(O)C1CCC(=O)N1Cc1ccc(C(F)F)cc1. The number of aliphatic carboxylic acids is 1. The number of alkyl halides is 2. The first kappa shape index (κ1) is 13.5. The highest BCUT2D eigenvalue weighted by molar-refractivity contribution is 5.87. The van der Waals surface area contributed by atoms with E-state index in [1.807, 2.05) is 0 Å². The van der Waals surface area contributed by atoms with Crippen LogP contribution in [-0.2, 0) is 16.1 Å². The summed E-state index contributed by atoms with van der Waals surface area (Å²) in [6.45, 7) is 0.138. The number of nitrogens with zero attached hydrogens (tertiary/aromatic N) is 1. The number of hydrogen-bond acceptors (Lipinski definition) is 2. The van der Waals surface area contributed by atoms with Crippen molar-refractivity contribution < 1.29 is 23.5 Å². The molecule has 0 aromatic heterocycles. The maximum Gasteiger partial charge on any atom is 0.326 e. The number of benzene rings is 1. The molecule has 1 aromatic rings. The minimum Gasteiger partial charge on any atom is -0.480 e. The smallest absolute Gasteiger partial charge is 0.326 e. The molecule has 0 spiro atoms. The standard InChI is InChI=1S/C13H13F2NO3/c14-12(15)9-3-1-8(2-4-9)7-16-10(13(18)19)5-6-11(16)17/h1-4,10,12H,5-7H2,(H,18,19). The highest BCUT2D eigenvalue weighted by Crippen LogP contribution is 2.23. The fourth-order valence-electron chi connectivity index (χ4n) is 2.15. The van der Waals surface area contributed by atoms with Gasteiger partial charge in [-0.3, -0.25) is 4.79 Å². The minimum atomic E-state index is -2.53. The molecule has 19 heavy (non-hydrogen) atoms. The van der Waals surface area contributed by atoms with Crippen molar-refractivity contribution in [1.82, 2.24) is 4.90 Å². The summed E-state index contributed by atoms with van der Waals surface area (Å²) >= 11 is 0. The average Bonchev–Trinajstić information content (AvgIpc) is 2.72. The largest absolute Gasteiger partial charge is 0.480 e. The van der Waals surface area contributed by atoms with E-state index in [4.69, 9.17) is 5.11 Å². The van der Waals surface area contributed by atoms with E-state index in [2.05, 4.69) is 0 Å². The van der Waals surface area contributed by atoms with Crippen LogP contribution >= 0.6 is 0 Å². The van der Waals surface area contributed by atoms with Gasteiger partial charge in [0, 0.05) is 18.5 Å². The van der Waals surface area contributed by atoms with Gasteiger partial charge in [-0.2, -0.15) is 0 Å². The molecule has 1 unspecified atom stereocenters. The second kappa shape index (κ2) is 5.34. The lowest BCUT2D eigenvalue weighted by atomic mass is 10.1. The highest BCUT2D eigenvalue weighted by Gasteiger charge is 2.35. The third kappa shape index (κ3) is 2.89. The molecule has 4 nitrogen and oxygen atoms in total. The van der Waals surface area contributed by atoms with Crippen LogP contribution in [0.15, 0.2) is 24.3 Å². The number of halogens is 2. The monoisotopic (exact) mass is 269 g/mol. The van der Waals surface area contributed by atoms with Crippen molar-refractivity contribution in [2.45, 2.75) is 31.9 Å². The molecule has 6 heteroatoms. The molecule has 1 amide bonds. The Morgan fingerprint density at radius 1 is 1.37 bits per heavy atom. The van der Waals surface area contributed by atoms with Gasteiger partial charge in [-0.15, -0.1) is 0 Å². The Morgan fingerprint density at radius 2 is 2.00 bits per heavy atom. The van der Waals surface area contributed by atoms with E-state index in [1.54, 1.807) is 0 Å². The molecule has 1 fully saturated rings. The van der Waals surface area contributed by atoms with Crippen molar-refractivity contribution in [2.24, 2.45) is 0 Å². The topological polar surface area (TPSA) is 57.6 Å². The molecule has 1 aliphatic rings. The van der Waals surface area contributed by atoms with Gasteiger partial charge in [0.25, 0.3) is 6.43 Å². The van der Waals surface area contributed by atoms with Crippen LogP contribution in [0.5, 0.6) is 0 Å². The number of carbonyl (C=O) groups excluding carboxylic acids is 1. The third-order valence-corrected chi connectivity index (χ3v) is 3.20. The molecule has 1 heterocycles. The molecular formula is C13H13F2NO3. The number of amides is 1. The lowest BCUT2D eigenvalue weighted by Gasteiger charge is -2.21. The zero-order chi connectivity index (χ0) is 14.0. The Morgan fingerprint density at radius 3 is 2.53 bits per heavy atom. The van der Waals surface area contributed by atoms with E-state index < -0.39 is 18.4 Å². The van der Waals surface area contributed by atoms with Gasteiger partial charge in [-0.1, -0.05) is 24.3 Å². The molecule has 0 bridgehead atoms. The first-order valence-electron chi connectivity index (χ1n) is 5.88. The van der Waals surface area contributed by atoms with Crippen molar-refractivity contribution in [1.29, 1.82) is 0 Å². The summed E-state index contributed by atoms with van der Waals surface area (Å²) < 4.78 is 24.8. The van der Waals surface area contributed by atoms with E-state index >= 15 is 0 Å². The molecule has 102 valence electrons. The van der Waals surface area contributed by atoms with Crippen LogP contribution in [0.2, 0.25) is 0 Å². The van der Waals surface area contributed by atoms with E-state index in [0.29, 0.717) is 12.0 Å². The van der Waals surface area contributed by atoms with E-state index in [9.17, 15) is 18.4 Å². The summed E-state index contributed by atoms with van der Waals surface area (Å²) in [5.74, 6) is -1.25. The quantitative estimate of drug-likeness (QED) is 0.911. The molecular weight excluding hydrogens is 256 g/mol. The third-order valence-electron chi connectivity index (χ3n) is 3.20. The van der Waals surface area contributed by atoms with E-state index in [1.165, 1.54) is 29.2 Å². The summed E-state index contributed by atoms with van der Waals surface area (Å²) in [6.07, 6.45) is -2.02. The first-order chi connectivity index (χ1) is 8.99. The summed E-state index contributed by atoms with van der Waals surface area (Å²) in [6, 6.07) is 4.74. The normalized spacial score (nSPS) is 19.2. The molecule has 1 atom stereocenters. The molecule has 2 rings (SSSR count). The fraction of sp³-hybridized carbons (Fsp3) is 0.385. The number of hydrogen-bond donors (Lipinski definition) is 1. The van der Waals surface area contributed by atoms with Crippen LogP contribution in [0.3, 0.4) is 0 Å². The van der Waals surface area contributed by atoms with Gasteiger partial charge in [0.1, 0.15) is 6.04 Å². The van der Waals surface area contributed by atoms with Crippen LogP contribution in [0.1, 0.15) is 30.4 Å². The van der Waals surface area contributed by atoms with Crippen molar-refractivity contribution in [3.63, 3.8) is 0 Å². The van der Waals surface area contributed by atoms with Crippen LogP contribution in [0, 0.1) is 0 Å². The molecule has 1 aromatic carbocycles. The van der Waals surface area contributed by atoms with Crippen molar-refractivity contribution in [3.05, 3.63) is 35.4 Å². The fourth-order valence-corrected chi connectivity index (χ4v) is 2.15. The molecule has 1 aliphatic heterocycles. The first-order valence-corrected chi connectivity index (χ1v) is 5.88. The summed E-state index contributed by atoms with van der Waals surface area (Å²) in [7, 11) is 0. The Balaban J connectivity index is 2.11. The Bertz CT molecular complexity index is 487. The van der Waals surface area contributed by atoms with Crippen LogP contribution < -0.4 is 0 Å². The summed E-state index contributed by atoms with van der Waals surface area (Å²) in [5.41, 5.74) is 0.553. The predicted molar refractivity (Wildman–Crippen MR) is 62.6 cm³/mol. The van der Waals surface area contributed by atoms with Gasteiger partial charge in [0.15, 0.2) is 0 Å². The van der Waals surface area contributed by atoms with Gasteiger partial charge >= 0.3 is 5.97 Å².